The SMILES string of the molecule is O[C@H]1/C=C/CCCCCCCCC1. The van der Waals surface area contributed by atoms with Crippen LogP contribution in [-0.2, 0) is 0 Å². The van der Waals surface area contributed by atoms with Gasteiger partial charge in [-0.05, 0) is 19.3 Å². The Morgan fingerprint density at radius 1 is 0.846 bits per heavy atom. The highest BCUT2D eigenvalue weighted by atomic mass is 16.3. The lowest BCUT2D eigenvalue weighted by Gasteiger charge is -2.07. The second-order valence-electron chi connectivity index (χ2n) is 4.05. The molecule has 0 saturated carbocycles. The summed E-state index contributed by atoms with van der Waals surface area (Å²) >= 11 is 0. The fourth-order valence-corrected chi connectivity index (χ4v) is 1.85. The molecule has 0 aliphatic heterocycles. The quantitative estimate of drug-likeness (QED) is 0.569. The Kier molecular flexibility index (Phi) is 5.92. The minimum atomic E-state index is -0.181. The highest BCUT2D eigenvalue weighted by molar-refractivity contribution is 4.88. The summed E-state index contributed by atoms with van der Waals surface area (Å²) < 4.78 is 0. The summed E-state index contributed by atoms with van der Waals surface area (Å²) in [4.78, 5) is 0. The lowest BCUT2D eigenvalue weighted by molar-refractivity contribution is 0.207. The van der Waals surface area contributed by atoms with Gasteiger partial charge in [0.15, 0.2) is 0 Å². The molecule has 1 rings (SSSR count). The summed E-state index contributed by atoms with van der Waals surface area (Å²) in [5, 5.41) is 9.51. The van der Waals surface area contributed by atoms with E-state index in [2.05, 4.69) is 6.08 Å². The van der Waals surface area contributed by atoms with Gasteiger partial charge in [0.25, 0.3) is 0 Å². The predicted molar refractivity (Wildman–Crippen MR) is 56.7 cm³/mol. The third kappa shape index (κ3) is 5.87. The van der Waals surface area contributed by atoms with E-state index in [1.54, 1.807) is 0 Å². The van der Waals surface area contributed by atoms with Crippen LogP contribution in [0.5, 0.6) is 0 Å². The first-order valence-electron chi connectivity index (χ1n) is 5.74. The first-order valence-corrected chi connectivity index (χ1v) is 5.74. The molecule has 1 heteroatoms. The van der Waals surface area contributed by atoms with E-state index in [1.165, 1.54) is 44.9 Å². The van der Waals surface area contributed by atoms with Crippen LogP contribution in [0.3, 0.4) is 0 Å². The van der Waals surface area contributed by atoms with Gasteiger partial charge in [-0.2, -0.15) is 0 Å². The largest absolute Gasteiger partial charge is 0.389 e. The van der Waals surface area contributed by atoms with Crippen molar-refractivity contribution in [2.75, 3.05) is 0 Å². The number of hydrogen-bond acceptors (Lipinski definition) is 1. The molecule has 0 unspecified atom stereocenters. The number of hydrogen-bond donors (Lipinski definition) is 1. The molecule has 1 nitrogen and oxygen atoms in total. The zero-order valence-corrected chi connectivity index (χ0v) is 8.54. The molecule has 0 spiro atoms. The van der Waals surface area contributed by atoms with Crippen molar-refractivity contribution < 1.29 is 5.11 Å². The van der Waals surface area contributed by atoms with E-state index in [9.17, 15) is 5.11 Å². The smallest absolute Gasteiger partial charge is 0.0720 e. The fourth-order valence-electron chi connectivity index (χ4n) is 1.85. The molecule has 0 bridgehead atoms. The van der Waals surface area contributed by atoms with Crippen LogP contribution < -0.4 is 0 Å². The van der Waals surface area contributed by atoms with Crippen LogP contribution in [0.15, 0.2) is 12.2 Å². The average Bonchev–Trinajstić information content (AvgIpc) is 2.11. The van der Waals surface area contributed by atoms with E-state index in [0.717, 1.165) is 12.8 Å². The Hall–Kier alpha value is -0.300. The first kappa shape index (κ1) is 10.8. The molecule has 0 saturated heterocycles. The maximum Gasteiger partial charge on any atom is 0.0720 e. The van der Waals surface area contributed by atoms with Crippen LogP contribution in [0.2, 0.25) is 0 Å². The molecule has 1 N–H and O–H groups in total. The monoisotopic (exact) mass is 182 g/mol. The number of allylic oxidation sites excluding steroid dienone is 1. The average molecular weight is 182 g/mol. The molecule has 0 aromatic heterocycles. The minimum Gasteiger partial charge on any atom is -0.389 e. The van der Waals surface area contributed by atoms with Crippen molar-refractivity contribution in [3.8, 4) is 0 Å². The van der Waals surface area contributed by atoms with Crippen molar-refractivity contribution in [2.45, 2.75) is 63.9 Å². The van der Waals surface area contributed by atoms with Gasteiger partial charge in [-0.15, -0.1) is 0 Å². The van der Waals surface area contributed by atoms with Crippen LogP contribution in [0, 0.1) is 0 Å². The Morgan fingerprint density at radius 3 is 2.23 bits per heavy atom. The third-order valence-electron chi connectivity index (χ3n) is 2.73. The predicted octanol–water partition coefficient (Wildman–Crippen LogP) is 3.43. The van der Waals surface area contributed by atoms with Crippen LogP contribution in [0.25, 0.3) is 0 Å². The van der Waals surface area contributed by atoms with Gasteiger partial charge in [-0.3, -0.25) is 0 Å². The highest BCUT2D eigenvalue weighted by Crippen LogP contribution is 2.13. The van der Waals surface area contributed by atoms with Gasteiger partial charge in [0.2, 0.25) is 0 Å². The van der Waals surface area contributed by atoms with E-state index in [-0.39, 0.29) is 6.10 Å². The maximum atomic E-state index is 9.51. The molecule has 0 aromatic rings. The van der Waals surface area contributed by atoms with E-state index >= 15 is 0 Å². The summed E-state index contributed by atoms with van der Waals surface area (Å²) in [5.74, 6) is 0. The minimum absolute atomic E-state index is 0.181. The second-order valence-corrected chi connectivity index (χ2v) is 4.05. The van der Waals surface area contributed by atoms with Crippen LogP contribution in [0.4, 0.5) is 0 Å². The fraction of sp³-hybridized carbons (Fsp3) is 0.833. The standard InChI is InChI=1S/C12H22O/c13-12-10-8-6-4-2-1-3-5-7-9-11-12/h8,10,12-13H,1-7,9,11H2/b10-8+/t12-/m0/s1. The number of aliphatic hydroxyl groups excluding tert-OH is 1. The van der Waals surface area contributed by atoms with E-state index < -0.39 is 0 Å². The summed E-state index contributed by atoms with van der Waals surface area (Å²) in [6, 6.07) is 0. The Balaban J connectivity index is 2.22. The number of aliphatic hydroxyl groups is 1. The molecule has 1 atom stereocenters. The summed E-state index contributed by atoms with van der Waals surface area (Å²) in [7, 11) is 0. The molecule has 0 radical (unpaired) electrons. The summed E-state index contributed by atoms with van der Waals surface area (Å²) in [5.41, 5.74) is 0. The normalized spacial score (nSPS) is 30.1. The molecule has 0 fully saturated rings. The van der Waals surface area contributed by atoms with Crippen molar-refractivity contribution in [1.82, 2.24) is 0 Å². The Morgan fingerprint density at radius 2 is 1.46 bits per heavy atom. The van der Waals surface area contributed by atoms with Crippen molar-refractivity contribution in [1.29, 1.82) is 0 Å². The van der Waals surface area contributed by atoms with Crippen LogP contribution in [-0.4, -0.2) is 11.2 Å². The van der Waals surface area contributed by atoms with Gasteiger partial charge >= 0.3 is 0 Å². The molecule has 0 aromatic carbocycles. The zero-order valence-electron chi connectivity index (χ0n) is 8.54. The molecule has 1 aliphatic rings. The maximum absolute atomic E-state index is 9.51. The third-order valence-corrected chi connectivity index (χ3v) is 2.73. The van der Waals surface area contributed by atoms with E-state index in [0.29, 0.717) is 0 Å². The van der Waals surface area contributed by atoms with Gasteiger partial charge in [0, 0.05) is 0 Å². The van der Waals surface area contributed by atoms with Crippen LogP contribution >= 0.6 is 0 Å². The van der Waals surface area contributed by atoms with Gasteiger partial charge in [0.05, 0.1) is 6.10 Å². The lowest BCUT2D eigenvalue weighted by atomic mass is 10.0. The lowest BCUT2D eigenvalue weighted by Crippen LogP contribution is -2.01. The molecule has 1 aliphatic carbocycles. The molecule has 0 amide bonds. The molecule has 76 valence electrons. The zero-order chi connectivity index (χ0) is 9.36. The van der Waals surface area contributed by atoms with Gasteiger partial charge in [-0.1, -0.05) is 50.7 Å². The topological polar surface area (TPSA) is 20.2 Å². The molecule has 13 heavy (non-hydrogen) atoms. The Labute approximate surface area is 81.9 Å². The molecule has 0 heterocycles. The molecular formula is C12H22O. The first-order chi connectivity index (χ1) is 6.39. The second kappa shape index (κ2) is 7.14. The van der Waals surface area contributed by atoms with Gasteiger partial charge in [0.1, 0.15) is 0 Å². The molecular weight excluding hydrogens is 160 g/mol. The van der Waals surface area contributed by atoms with E-state index in [4.69, 9.17) is 0 Å². The van der Waals surface area contributed by atoms with Crippen molar-refractivity contribution >= 4 is 0 Å². The van der Waals surface area contributed by atoms with Gasteiger partial charge in [-0.25, -0.2) is 0 Å². The van der Waals surface area contributed by atoms with E-state index in [1.807, 2.05) is 6.08 Å². The van der Waals surface area contributed by atoms with Gasteiger partial charge < -0.3 is 5.11 Å². The van der Waals surface area contributed by atoms with Crippen molar-refractivity contribution in [3.05, 3.63) is 12.2 Å². The van der Waals surface area contributed by atoms with Crippen molar-refractivity contribution in [3.63, 3.8) is 0 Å². The van der Waals surface area contributed by atoms with Crippen molar-refractivity contribution in [2.24, 2.45) is 0 Å². The number of rotatable bonds is 0. The Bertz CT molecular complexity index is 140. The summed E-state index contributed by atoms with van der Waals surface area (Å²) in [6.45, 7) is 0. The summed E-state index contributed by atoms with van der Waals surface area (Å²) in [6.07, 6.45) is 15.3. The van der Waals surface area contributed by atoms with Crippen LogP contribution in [0.1, 0.15) is 57.8 Å². The highest BCUT2D eigenvalue weighted by Gasteiger charge is 1.99.